The molecule has 4 heterocycles. The highest BCUT2D eigenvalue weighted by Crippen LogP contribution is 2.64. The summed E-state index contributed by atoms with van der Waals surface area (Å²) < 4.78 is 3.95. The Balaban J connectivity index is 1.84. The maximum Gasteiger partial charge on any atom is 0.170 e. The van der Waals surface area contributed by atoms with Crippen LogP contribution >= 0.6 is 0 Å². The third-order valence-corrected chi connectivity index (χ3v) is 5.57. The zero-order chi connectivity index (χ0) is 9.93. The molecule has 2 bridgehead atoms. The molecule has 3 saturated heterocycles. The van der Waals surface area contributed by atoms with Gasteiger partial charge in [0.2, 0.25) is 0 Å². The summed E-state index contributed by atoms with van der Waals surface area (Å²) in [5, 5.41) is 0. The van der Waals surface area contributed by atoms with Gasteiger partial charge in [-0.25, -0.2) is 0 Å². The van der Waals surface area contributed by atoms with Gasteiger partial charge in [0.1, 0.15) is 0 Å². The Kier molecular flexibility index (Phi) is 1.58. The van der Waals surface area contributed by atoms with Crippen molar-refractivity contribution >= 4 is 0 Å². The van der Waals surface area contributed by atoms with Crippen molar-refractivity contribution in [2.45, 2.75) is 75.1 Å². The summed E-state index contributed by atoms with van der Waals surface area (Å²) in [6.07, 6.45) is 18.6. The number of rotatable bonds is 0. The van der Waals surface area contributed by atoms with Gasteiger partial charge in [0.15, 0.2) is 17.3 Å². The highest BCUT2D eigenvalue weighted by molar-refractivity contribution is 5.14. The minimum Gasteiger partial charge on any atom is -0.410 e. The van der Waals surface area contributed by atoms with Crippen molar-refractivity contribution in [3.63, 3.8) is 0 Å². The topological polar surface area (TPSA) is 2.70 Å². The van der Waals surface area contributed by atoms with Crippen LogP contribution in [0.1, 0.15) is 57.8 Å². The minimum atomic E-state index is 0.540. The van der Waals surface area contributed by atoms with E-state index in [0.29, 0.717) is 11.2 Å². The molecule has 0 radical (unpaired) electrons. The average Bonchev–Trinajstić information content (AvgIpc) is 2.81. The largest absolute Gasteiger partial charge is 0.410 e. The van der Waals surface area contributed by atoms with Gasteiger partial charge in [0.25, 0.3) is 0 Å². The predicted octanol–water partition coefficient (Wildman–Crippen LogP) is 3.51. The highest BCUT2D eigenvalue weighted by Gasteiger charge is 2.69. The zero-order valence-corrected chi connectivity index (χ0v) is 9.50. The number of hydrogen-bond donors (Lipinski definition) is 0. The third kappa shape index (κ3) is 0.939. The van der Waals surface area contributed by atoms with Crippen LogP contribution in [-0.4, -0.2) is 17.3 Å². The molecule has 0 aliphatic carbocycles. The van der Waals surface area contributed by atoms with E-state index in [1.165, 1.54) is 57.8 Å². The van der Waals surface area contributed by atoms with Crippen LogP contribution in [0.25, 0.3) is 0 Å². The van der Waals surface area contributed by atoms with Gasteiger partial charge in [0.05, 0.1) is 0 Å². The summed E-state index contributed by atoms with van der Waals surface area (Å²) in [5.41, 5.74) is 1.12. The van der Waals surface area contributed by atoms with Crippen molar-refractivity contribution in [2.24, 2.45) is 0 Å². The molecular formula is C14H21O+. The number of hydrogen-bond acceptors (Lipinski definition) is 0. The first kappa shape index (κ1) is 8.81. The van der Waals surface area contributed by atoms with Crippen LogP contribution in [0.5, 0.6) is 0 Å². The Labute approximate surface area is 92.2 Å². The zero-order valence-electron chi connectivity index (χ0n) is 9.50. The lowest BCUT2D eigenvalue weighted by molar-refractivity contribution is -0.282. The molecule has 0 spiro atoms. The molecule has 3 atom stereocenters. The highest BCUT2D eigenvalue weighted by atomic mass is 16.7. The fourth-order valence-electron chi connectivity index (χ4n) is 4.96. The fraction of sp³-hybridized carbons (Fsp3) is 0.857. The second-order valence-corrected chi connectivity index (χ2v) is 6.12. The fourth-order valence-corrected chi connectivity index (χ4v) is 4.96. The lowest BCUT2D eigenvalue weighted by atomic mass is 9.90. The molecule has 4 aliphatic rings. The van der Waals surface area contributed by atoms with E-state index in [-0.39, 0.29) is 0 Å². The van der Waals surface area contributed by atoms with E-state index < -0.39 is 0 Å². The second kappa shape index (κ2) is 2.68. The molecule has 0 aromatic carbocycles. The van der Waals surface area contributed by atoms with Crippen molar-refractivity contribution in [2.75, 3.05) is 0 Å². The molecule has 82 valence electrons. The molecule has 0 N–H and O–H groups in total. The van der Waals surface area contributed by atoms with Crippen LogP contribution < -0.4 is 0 Å². The van der Waals surface area contributed by atoms with Crippen LogP contribution in [0, 0.1) is 0 Å². The second-order valence-electron chi connectivity index (χ2n) is 6.12. The Morgan fingerprint density at radius 3 is 2.60 bits per heavy atom. The van der Waals surface area contributed by atoms with E-state index >= 15 is 0 Å². The van der Waals surface area contributed by atoms with E-state index in [1.807, 2.05) is 0 Å². The summed E-state index contributed by atoms with van der Waals surface area (Å²) in [7, 11) is 0. The molecule has 15 heavy (non-hydrogen) atoms. The molecule has 1 nitrogen and oxygen atoms in total. The molecule has 0 saturated carbocycles. The summed E-state index contributed by atoms with van der Waals surface area (Å²) in [4.78, 5) is 0. The lowest BCUT2D eigenvalue weighted by Crippen LogP contribution is -2.42. The van der Waals surface area contributed by atoms with Crippen molar-refractivity contribution in [1.82, 2.24) is 0 Å². The maximum atomic E-state index is 3.95. The van der Waals surface area contributed by atoms with Gasteiger partial charge in [-0.05, 0) is 6.42 Å². The smallest absolute Gasteiger partial charge is 0.170 e. The van der Waals surface area contributed by atoms with Crippen molar-refractivity contribution in [3.05, 3.63) is 12.2 Å². The number of allylic oxidation sites excluding steroid dienone is 1. The van der Waals surface area contributed by atoms with Crippen LogP contribution in [-0.2, 0) is 4.37 Å². The van der Waals surface area contributed by atoms with Gasteiger partial charge in [-0.2, -0.15) is 0 Å². The van der Waals surface area contributed by atoms with Gasteiger partial charge in [-0.3, -0.25) is 0 Å². The molecular weight excluding hydrogens is 184 g/mol. The van der Waals surface area contributed by atoms with Gasteiger partial charge < -0.3 is 4.37 Å². The van der Waals surface area contributed by atoms with Crippen molar-refractivity contribution in [3.8, 4) is 0 Å². The molecule has 4 rings (SSSR count). The SMILES string of the molecule is C1=C\CC23CCC4CCC(CC/1)(CC2)[O+]43. The van der Waals surface area contributed by atoms with Crippen LogP contribution in [0.3, 0.4) is 0 Å². The van der Waals surface area contributed by atoms with Gasteiger partial charge in [-0.1, -0.05) is 12.2 Å². The molecule has 0 aromatic rings. The van der Waals surface area contributed by atoms with E-state index in [9.17, 15) is 0 Å². The summed E-state index contributed by atoms with van der Waals surface area (Å²) in [6, 6.07) is 0. The average molecular weight is 205 g/mol. The molecule has 0 amide bonds. The van der Waals surface area contributed by atoms with Crippen LogP contribution in [0.4, 0.5) is 0 Å². The van der Waals surface area contributed by atoms with Gasteiger partial charge >= 0.3 is 0 Å². The quantitative estimate of drug-likeness (QED) is 0.420. The van der Waals surface area contributed by atoms with Crippen molar-refractivity contribution < 1.29 is 4.37 Å². The monoisotopic (exact) mass is 205 g/mol. The molecule has 0 aromatic heterocycles. The van der Waals surface area contributed by atoms with Gasteiger partial charge in [-0.15, -0.1) is 0 Å². The Bertz CT molecular complexity index is 321. The lowest BCUT2D eigenvalue weighted by Gasteiger charge is -2.37. The Morgan fingerprint density at radius 2 is 1.67 bits per heavy atom. The summed E-state index contributed by atoms with van der Waals surface area (Å²) >= 11 is 0. The van der Waals surface area contributed by atoms with E-state index in [0.717, 1.165) is 6.10 Å². The first-order chi connectivity index (χ1) is 7.35. The molecule has 3 fully saturated rings. The maximum absolute atomic E-state index is 3.95. The molecule has 3 unspecified atom stereocenters. The van der Waals surface area contributed by atoms with Crippen molar-refractivity contribution in [1.29, 1.82) is 0 Å². The first-order valence-corrected chi connectivity index (χ1v) is 6.73. The molecule has 4 aliphatic heterocycles. The van der Waals surface area contributed by atoms with E-state index in [2.05, 4.69) is 16.5 Å². The van der Waals surface area contributed by atoms with E-state index in [4.69, 9.17) is 0 Å². The van der Waals surface area contributed by atoms with Gasteiger partial charge in [0, 0.05) is 51.4 Å². The molecule has 1 heteroatoms. The Morgan fingerprint density at radius 1 is 0.867 bits per heavy atom. The van der Waals surface area contributed by atoms with E-state index in [1.54, 1.807) is 0 Å². The standard InChI is InChI=1S/C14H21O/c1-2-6-13-8-4-12-5-9-14(7-3-1,11-10-13)15(12)13/h1-2,12H,3-11H2/q+1/b2-1-. The first-order valence-electron chi connectivity index (χ1n) is 6.73. The third-order valence-electron chi connectivity index (χ3n) is 5.57. The van der Waals surface area contributed by atoms with Crippen LogP contribution in [0.15, 0.2) is 12.2 Å². The Hall–Kier alpha value is -0.300. The normalized spacial score (nSPS) is 55.1. The predicted molar refractivity (Wildman–Crippen MR) is 61.0 cm³/mol. The minimum absolute atomic E-state index is 0.540. The summed E-state index contributed by atoms with van der Waals surface area (Å²) in [6.45, 7) is 0. The summed E-state index contributed by atoms with van der Waals surface area (Å²) in [5.74, 6) is 0. The van der Waals surface area contributed by atoms with Crippen LogP contribution in [0.2, 0.25) is 0 Å².